The Morgan fingerprint density at radius 1 is 1.26 bits per heavy atom. The van der Waals surface area contributed by atoms with E-state index in [0.29, 0.717) is 5.02 Å². The zero-order valence-corrected chi connectivity index (χ0v) is 14.8. The highest BCUT2D eigenvalue weighted by molar-refractivity contribution is 7.20. The molecule has 1 aromatic heterocycles. The second-order valence-corrected chi connectivity index (χ2v) is 7.59. The van der Waals surface area contributed by atoms with Gasteiger partial charge in [-0.15, -0.1) is 11.3 Å². The monoisotopic (exact) mass is 350 g/mol. The highest BCUT2D eigenvalue weighted by atomic mass is 35.5. The number of rotatable bonds is 4. The Morgan fingerprint density at radius 2 is 1.96 bits per heavy atom. The molecule has 0 atom stereocenters. The Labute approximate surface area is 144 Å². The molecule has 2 aromatic rings. The molecule has 23 heavy (non-hydrogen) atoms. The number of amides is 2. The number of hydrogen-bond acceptors (Lipinski definition) is 3. The molecule has 1 heterocycles. The fourth-order valence-electron chi connectivity index (χ4n) is 1.98. The van der Waals surface area contributed by atoms with Crippen molar-refractivity contribution in [2.24, 2.45) is 0 Å². The fraction of sp³-hybridized carbons (Fsp3) is 0.294. The average molecular weight is 351 g/mol. The van der Waals surface area contributed by atoms with E-state index >= 15 is 0 Å². The third kappa shape index (κ3) is 5.08. The van der Waals surface area contributed by atoms with Crippen molar-refractivity contribution in [2.45, 2.75) is 26.3 Å². The van der Waals surface area contributed by atoms with Crippen molar-refractivity contribution in [3.8, 4) is 0 Å². The molecule has 4 nitrogen and oxygen atoms in total. The lowest BCUT2D eigenvalue weighted by atomic mass is 10.1. The van der Waals surface area contributed by atoms with Gasteiger partial charge in [0.05, 0.1) is 11.6 Å². The quantitative estimate of drug-likeness (QED) is 0.828. The first-order valence-corrected chi connectivity index (χ1v) is 8.40. The van der Waals surface area contributed by atoms with Crippen LogP contribution in [-0.2, 0) is 9.59 Å². The van der Waals surface area contributed by atoms with Crippen LogP contribution in [-0.4, -0.2) is 23.9 Å². The standard InChI is InChI=1S/C17H19ClN2O2S/c1-17(2,3)20-15(22)10-19-14(21)9-8-13-16(18)11-6-4-5-7-12(11)23-13/h4-9H,10H2,1-3H3,(H,19,21)(H,20,22)/b9-8+. The van der Waals surface area contributed by atoms with Gasteiger partial charge in [0.25, 0.3) is 0 Å². The second-order valence-electron chi connectivity index (χ2n) is 6.13. The topological polar surface area (TPSA) is 58.2 Å². The Bertz CT molecular complexity index is 760. The molecule has 2 rings (SSSR count). The molecular weight excluding hydrogens is 332 g/mol. The molecule has 0 aliphatic rings. The van der Waals surface area contributed by atoms with Gasteiger partial charge in [-0.1, -0.05) is 29.8 Å². The molecule has 0 aliphatic carbocycles. The maximum absolute atomic E-state index is 11.8. The number of thiophene rings is 1. The largest absolute Gasteiger partial charge is 0.350 e. The predicted molar refractivity (Wildman–Crippen MR) is 96.8 cm³/mol. The third-order valence-corrected chi connectivity index (χ3v) is 4.54. The van der Waals surface area contributed by atoms with Gasteiger partial charge >= 0.3 is 0 Å². The van der Waals surface area contributed by atoms with E-state index in [1.165, 1.54) is 17.4 Å². The van der Waals surface area contributed by atoms with Crippen molar-refractivity contribution in [3.05, 3.63) is 40.2 Å². The van der Waals surface area contributed by atoms with Crippen LogP contribution in [0.25, 0.3) is 16.2 Å². The summed E-state index contributed by atoms with van der Waals surface area (Å²) in [5.74, 6) is -0.554. The van der Waals surface area contributed by atoms with Crippen LogP contribution < -0.4 is 10.6 Å². The summed E-state index contributed by atoms with van der Waals surface area (Å²) >= 11 is 7.82. The molecule has 0 radical (unpaired) electrons. The van der Waals surface area contributed by atoms with Gasteiger partial charge in [0.2, 0.25) is 11.8 Å². The Morgan fingerprint density at radius 3 is 2.61 bits per heavy atom. The predicted octanol–water partition coefficient (Wildman–Crippen LogP) is 3.60. The fourth-order valence-corrected chi connectivity index (χ4v) is 3.38. The van der Waals surface area contributed by atoms with E-state index in [1.54, 1.807) is 6.08 Å². The van der Waals surface area contributed by atoms with Crippen LogP contribution in [0, 0.1) is 0 Å². The smallest absolute Gasteiger partial charge is 0.244 e. The van der Waals surface area contributed by atoms with Crippen LogP contribution in [0.2, 0.25) is 5.02 Å². The van der Waals surface area contributed by atoms with Crippen molar-refractivity contribution >= 4 is 50.9 Å². The number of hydrogen-bond donors (Lipinski definition) is 2. The number of fused-ring (bicyclic) bond motifs is 1. The summed E-state index contributed by atoms with van der Waals surface area (Å²) in [4.78, 5) is 24.3. The highest BCUT2D eigenvalue weighted by Crippen LogP contribution is 2.35. The maximum atomic E-state index is 11.8. The molecule has 0 aliphatic heterocycles. The van der Waals surface area contributed by atoms with E-state index in [1.807, 2.05) is 45.0 Å². The molecule has 0 spiro atoms. The lowest BCUT2D eigenvalue weighted by molar-refractivity contribution is -0.124. The van der Waals surface area contributed by atoms with Crippen LogP contribution in [0.3, 0.4) is 0 Å². The average Bonchev–Trinajstić information content (AvgIpc) is 2.78. The molecule has 0 bridgehead atoms. The number of halogens is 1. The minimum atomic E-state index is -0.331. The normalized spacial score (nSPS) is 11.8. The molecule has 0 fully saturated rings. The van der Waals surface area contributed by atoms with E-state index in [0.717, 1.165) is 15.0 Å². The lowest BCUT2D eigenvalue weighted by Crippen LogP contribution is -2.45. The third-order valence-electron chi connectivity index (χ3n) is 2.88. The van der Waals surface area contributed by atoms with Crippen molar-refractivity contribution in [1.82, 2.24) is 10.6 Å². The zero-order valence-electron chi connectivity index (χ0n) is 13.3. The highest BCUT2D eigenvalue weighted by Gasteiger charge is 2.13. The first-order chi connectivity index (χ1) is 10.8. The second kappa shape index (κ2) is 7.15. The van der Waals surface area contributed by atoms with Gasteiger partial charge in [0, 0.05) is 26.6 Å². The number of nitrogens with one attached hydrogen (secondary N) is 2. The summed E-state index contributed by atoms with van der Waals surface area (Å²) in [7, 11) is 0. The molecule has 0 unspecified atom stereocenters. The van der Waals surface area contributed by atoms with Crippen LogP contribution >= 0.6 is 22.9 Å². The van der Waals surface area contributed by atoms with E-state index in [2.05, 4.69) is 10.6 Å². The van der Waals surface area contributed by atoms with Crippen LogP contribution in [0.1, 0.15) is 25.6 Å². The Kier molecular flexibility index (Phi) is 5.44. The minimum absolute atomic E-state index is 0.0550. The molecule has 0 saturated heterocycles. The van der Waals surface area contributed by atoms with Gasteiger partial charge in [0.1, 0.15) is 0 Å². The van der Waals surface area contributed by atoms with Crippen molar-refractivity contribution in [3.63, 3.8) is 0 Å². The summed E-state index contributed by atoms with van der Waals surface area (Å²) in [6.45, 7) is 5.60. The van der Waals surface area contributed by atoms with Gasteiger partial charge in [-0.25, -0.2) is 0 Å². The minimum Gasteiger partial charge on any atom is -0.350 e. The van der Waals surface area contributed by atoms with Gasteiger partial charge in [-0.3, -0.25) is 9.59 Å². The van der Waals surface area contributed by atoms with E-state index in [4.69, 9.17) is 11.6 Å². The van der Waals surface area contributed by atoms with Crippen LogP contribution in [0.4, 0.5) is 0 Å². The molecule has 1 aromatic carbocycles. The summed E-state index contributed by atoms with van der Waals surface area (Å²) in [6, 6.07) is 7.81. The van der Waals surface area contributed by atoms with Crippen molar-refractivity contribution in [2.75, 3.05) is 6.54 Å². The molecule has 122 valence electrons. The van der Waals surface area contributed by atoms with Gasteiger partial charge in [-0.2, -0.15) is 0 Å². The maximum Gasteiger partial charge on any atom is 0.244 e. The molecule has 0 saturated carbocycles. The summed E-state index contributed by atoms with van der Waals surface area (Å²) in [5.41, 5.74) is -0.317. The Balaban J connectivity index is 1.95. The molecule has 2 N–H and O–H groups in total. The number of benzene rings is 1. The molecular formula is C17H19ClN2O2S. The number of carbonyl (C=O) groups is 2. The van der Waals surface area contributed by atoms with Gasteiger partial charge in [0.15, 0.2) is 0 Å². The van der Waals surface area contributed by atoms with Gasteiger partial charge in [-0.05, 0) is 32.9 Å². The summed E-state index contributed by atoms with van der Waals surface area (Å²) < 4.78 is 1.07. The van der Waals surface area contributed by atoms with Crippen LogP contribution in [0.15, 0.2) is 30.3 Å². The SMILES string of the molecule is CC(C)(C)NC(=O)CNC(=O)/C=C/c1sc2ccccc2c1Cl. The molecule has 2 amide bonds. The zero-order chi connectivity index (χ0) is 17.0. The first-order valence-electron chi connectivity index (χ1n) is 7.20. The molecule has 6 heteroatoms. The summed E-state index contributed by atoms with van der Waals surface area (Å²) in [6.07, 6.45) is 3.06. The van der Waals surface area contributed by atoms with E-state index in [-0.39, 0.29) is 23.9 Å². The summed E-state index contributed by atoms with van der Waals surface area (Å²) in [5, 5.41) is 6.95. The number of carbonyl (C=O) groups excluding carboxylic acids is 2. The lowest BCUT2D eigenvalue weighted by Gasteiger charge is -2.20. The van der Waals surface area contributed by atoms with Crippen molar-refractivity contribution < 1.29 is 9.59 Å². The first kappa shape index (κ1) is 17.5. The van der Waals surface area contributed by atoms with Gasteiger partial charge < -0.3 is 10.6 Å². The van der Waals surface area contributed by atoms with Crippen LogP contribution in [0.5, 0.6) is 0 Å². The van der Waals surface area contributed by atoms with Crippen molar-refractivity contribution in [1.29, 1.82) is 0 Å². The Hall–Kier alpha value is -1.85. The van der Waals surface area contributed by atoms with E-state index < -0.39 is 0 Å². The van der Waals surface area contributed by atoms with E-state index in [9.17, 15) is 9.59 Å².